The van der Waals surface area contributed by atoms with Crippen LogP contribution in [0.2, 0.25) is 0 Å². The molecule has 0 amide bonds. The molecule has 16 heavy (non-hydrogen) atoms. The fourth-order valence-electron chi connectivity index (χ4n) is 1.91. The molecule has 1 aliphatic carbocycles. The normalized spacial score (nSPS) is 17.9. The number of carbonyl (C=O) groups is 1. The number of carbonyl (C=O) groups excluding carboxylic acids is 1. The first kappa shape index (κ1) is 11.0. The van der Waals surface area contributed by atoms with Crippen LogP contribution in [-0.4, -0.2) is 22.9 Å². The third-order valence-electron chi connectivity index (χ3n) is 3.22. The zero-order chi connectivity index (χ0) is 11.7. The highest BCUT2D eigenvalue weighted by atomic mass is 16.5. The monoisotopic (exact) mass is 223 g/mol. The van der Waals surface area contributed by atoms with E-state index in [1.807, 2.05) is 6.07 Å². The van der Waals surface area contributed by atoms with Crippen molar-refractivity contribution in [2.75, 3.05) is 12.8 Å². The molecule has 88 valence electrons. The van der Waals surface area contributed by atoms with E-state index in [2.05, 4.69) is 9.84 Å². The van der Waals surface area contributed by atoms with Gasteiger partial charge in [-0.3, -0.25) is 0 Å². The molecule has 0 bridgehead atoms. The van der Waals surface area contributed by atoms with Crippen LogP contribution in [0.4, 0.5) is 5.82 Å². The number of nitrogens with two attached hydrogens (primary N) is 1. The number of ether oxygens (including phenoxy) is 1. The molecule has 0 radical (unpaired) electrons. The molecule has 0 aliphatic heterocycles. The van der Waals surface area contributed by atoms with E-state index >= 15 is 0 Å². The fraction of sp³-hybridized carbons (Fsp3) is 0.636. The first-order valence-corrected chi connectivity index (χ1v) is 5.56. The van der Waals surface area contributed by atoms with Crippen LogP contribution in [0.1, 0.15) is 43.8 Å². The number of hydrogen-bond donors (Lipinski definition) is 1. The maximum atomic E-state index is 11.4. The van der Waals surface area contributed by atoms with Crippen LogP contribution in [0.25, 0.3) is 0 Å². The van der Waals surface area contributed by atoms with E-state index in [1.165, 1.54) is 26.4 Å². The van der Waals surface area contributed by atoms with E-state index in [4.69, 9.17) is 5.73 Å². The Hall–Kier alpha value is -1.52. The van der Waals surface area contributed by atoms with E-state index < -0.39 is 6.04 Å². The maximum absolute atomic E-state index is 11.4. The minimum Gasteiger partial charge on any atom is -0.467 e. The lowest BCUT2D eigenvalue weighted by molar-refractivity contribution is -0.144. The van der Waals surface area contributed by atoms with Gasteiger partial charge in [-0.05, 0) is 19.8 Å². The molecule has 1 atom stereocenters. The van der Waals surface area contributed by atoms with Gasteiger partial charge in [-0.1, -0.05) is 6.42 Å². The van der Waals surface area contributed by atoms with Crippen LogP contribution in [0, 0.1) is 0 Å². The predicted molar refractivity (Wildman–Crippen MR) is 60.0 cm³/mol. The molecule has 0 saturated heterocycles. The van der Waals surface area contributed by atoms with Gasteiger partial charge in [0.1, 0.15) is 11.9 Å². The lowest BCUT2D eigenvalue weighted by atomic mass is 9.83. The SMILES string of the molecule is COC(=O)C(C)n1nc(C2CCC2)cc1N. The molecule has 5 nitrogen and oxygen atoms in total. The predicted octanol–water partition coefficient (Wildman–Crippen LogP) is 1.47. The average Bonchev–Trinajstić information content (AvgIpc) is 2.55. The van der Waals surface area contributed by atoms with Gasteiger partial charge in [0.15, 0.2) is 0 Å². The van der Waals surface area contributed by atoms with E-state index in [9.17, 15) is 4.79 Å². The Balaban J connectivity index is 2.20. The lowest BCUT2D eigenvalue weighted by Crippen LogP contribution is -2.21. The van der Waals surface area contributed by atoms with Crippen LogP contribution in [0.5, 0.6) is 0 Å². The molecule has 1 aliphatic rings. The largest absolute Gasteiger partial charge is 0.467 e. The van der Waals surface area contributed by atoms with E-state index in [0.717, 1.165) is 5.69 Å². The number of aromatic nitrogens is 2. The molecule has 2 N–H and O–H groups in total. The molecular formula is C11H17N3O2. The van der Waals surface area contributed by atoms with Crippen molar-refractivity contribution in [2.45, 2.75) is 38.1 Å². The summed E-state index contributed by atoms with van der Waals surface area (Å²) in [5.41, 5.74) is 6.84. The quantitative estimate of drug-likeness (QED) is 0.788. The Kier molecular flexibility index (Phi) is 2.85. The van der Waals surface area contributed by atoms with Crippen molar-refractivity contribution < 1.29 is 9.53 Å². The number of nitrogens with zero attached hydrogens (tertiary/aromatic N) is 2. The van der Waals surface area contributed by atoms with E-state index in [0.29, 0.717) is 11.7 Å². The Morgan fingerprint density at radius 1 is 1.69 bits per heavy atom. The van der Waals surface area contributed by atoms with Gasteiger partial charge < -0.3 is 10.5 Å². The van der Waals surface area contributed by atoms with Gasteiger partial charge in [-0.25, -0.2) is 9.48 Å². The molecule has 1 unspecified atom stereocenters. The summed E-state index contributed by atoms with van der Waals surface area (Å²) in [6, 6.07) is 1.40. The molecule has 2 rings (SSSR count). The second kappa shape index (κ2) is 4.15. The van der Waals surface area contributed by atoms with Crippen molar-refractivity contribution in [1.29, 1.82) is 0 Å². The van der Waals surface area contributed by atoms with Gasteiger partial charge in [0.2, 0.25) is 0 Å². The fourth-order valence-corrected chi connectivity index (χ4v) is 1.91. The molecule has 1 aromatic rings. The molecule has 1 heterocycles. The minimum absolute atomic E-state index is 0.324. The topological polar surface area (TPSA) is 70.1 Å². The Morgan fingerprint density at radius 3 is 2.88 bits per heavy atom. The number of rotatable bonds is 3. The van der Waals surface area contributed by atoms with Crippen molar-refractivity contribution in [1.82, 2.24) is 9.78 Å². The summed E-state index contributed by atoms with van der Waals surface area (Å²) in [4.78, 5) is 11.4. The molecule has 5 heteroatoms. The van der Waals surface area contributed by atoms with Crippen LogP contribution in [0.3, 0.4) is 0 Å². The van der Waals surface area contributed by atoms with Gasteiger partial charge in [-0.15, -0.1) is 0 Å². The summed E-state index contributed by atoms with van der Waals surface area (Å²) in [6.07, 6.45) is 3.59. The van der Waals surface area contributed by atoms with Crippen LogP contribution in [0.15, 0.2) is 6.07 Å². The number of hydrogen-bond acceptors (Lipinski definition) is 4. The average molecular weight is 223 g/mol. The standard InChI is InChI=1S/C11H17N3O2/c1-7(11(15)16-2)14-10(12)6-9(13-14)8-4-3-5-8/h6-8H,3-5,12H2,1-2H3. The zero-order valence-corrected chi connectivity index (χ0v) is 9.64. The second-order valence-electron chi connectivity index (χ2n) is 4.27. The second-order valence-corrected chi connectivity index (χ2v) is 4.27. The van der Waals surface area contributed by atoms with E-state index in [1.54, 1.807) is 11.6 Å². The third-order valence-corrected chi connectivity index (χ3v) is 3.22. The summed E-state index contributed by atoms with van der Waals surface area (Å²) in [5.74, 6) is 0.725. The van der Waals surface area contributed by atoms with Crippen molar-refractivity contribution >= 4 is 11.8 Å². The summed E-state index contributed by atoms with van der Waals surface area (Å²) >= 11 is 0. The molecule has 1 fully saturated rings. The molecule has 1 aromatic heterocycles. The Labute approximate surface area is 94.6 Å². The van der Waals surface area contributed by atoms with Crippen molar-refractivity contribution in [3.8, 4) is 0 Å². The summed E-state index contributed by atoms with van der Waals surface area (Å²) in [6.45, 7) is 1.74. The zero-order valence-electron chi connectivity index (χ0n) is 9.64. The van der Waals surface area contributed by atoms with Gasteiger partial charge in [0.25, 0.3) is 0 Å². The van der Waals surface area contributed by atoms with Gasteiger partial charge in [0.05, 0.1) is 12.8 Å². The highest BCUT2D eigenvalue weighted by Gasteiger charge is 2.25. The Bertz CT molecular complexity index is 396. The van der Waals surface area contributed by atoms with Gasteiger partial charge >= 0.3 is 5.97 Å². The summed E-state index contributed by atoms with van der Waals surface area (Å²) in [7, 11) is 1.37. The summed E-state index contributed by atoms with van der Waals surface area (Å²) < 4.78 is 6.22. The van der Waals surface area contributed by atoms with Crippen LogP contribution < -0.4 is 5.73 Å². The minimum atomic E-state index is -0.459. The van der Waals surface area contributed by atoms with E-state index in [-0.39, 0.29) is 5.97 Å². The van der Waals surface area contributed by atoms with Crippen LogP contribution >= 0.6 is 0 Å². The molecule has 1 saturated carbocycles. The maximum Gasteiger partial charge on any atom is 0.330 e. The lowest BCUT2D eigenvalue weighted by Gasteiger charge is -2.23. The number of nitrogen functional groups attached to an aromatic ring is 1. The first-order valence-electron chi connectivity index (χ1n) is 5.56. The summed E-state index contributed by atoms with van der Waals surface area (Å²) in [5, 5.41) is 4.39. The smallest absolute Gasteiger partial charge is 0.330 e. The van der Waals surface area contributed by atoms with Crippen molar-refractivity contribution in [2.24, 2.45) is 0 Å². The first-order chi connectivity index (χ1) is 7.63. The highest BCUT2D eigenvalue weighted by molar-refractivity contribution is 5.74. The molecule has 0 spiro atoms. The third kappa shape index (κ3) is 1.77. The number of esters is 1. The Morgan fingerprint density at radius 2 is 2.38 bits per heavy atom. The number of methoxy groups -OCH3 is 1. The van der Waals surface area contributed by atoms with Crippen molar-refractivity contribution in [3.63, 3.8) is 0 Å². The van der Waals surface area contributed by atoms with Gasteiger partial charge in [0, 0.05) is 12.0 Å². The molecular weight excluding hydrogens is 206 g/mol. The van der Waals surface area contributed by atoms with Crippen LogP contribution in [-0.2, 0) is 9.53 Å². The van der Waals surface area contributed by atoms with Crippen molar-refractivity contribution in [3.05, 3.63) is 11.8 Å². The number of anilines is 1. The highest BCUT2D eigenvalue weighted by Crippen LogP contribution is 2.36. The molecule has 0 aromatic carbocycles. The van der Waals surface area contributed by atoms with Gasteiger partial charge in [-0.2, -0.15) is 5.10 Å².